The monoisotopic (exact) mass is 1380 g/mol. The molecule has 0 unspecified atom stereocenters. The molecule has 27 nitrogen and oxygen atoms in total. The molecule has 27 heteroatoms. The fourth-order valence-corrected chi connectivity index (χ4v) is 12.6. The number of aliphatic hydroxyl groups excluding tert-OH is 1. The van der Waals surface area contributed by atoms with Crippen LogP contribution in [0.4, 0.5) is 0 Å². The molecule has 2 saturated heterocycles. The van der Waals surface area contributed by atoms with Crippen molar-refractivity contribution >= 4 is 76.8 Å². The van der Waals surface area contributed by atoms with Crippen LogP contribution in [0.15, 0.2) is 60.7 Å². The number of carbonyl (C=O) groups is 13. The second kappa shape index (κ2) is 38.2. The van der Waals surface area contributed by atoms with Crippen LogP contribution in [0.5, 0.6) is 0 Å². The summed E-state index contributed by atoms with van der Waals surface area (Å²) in [4.78, 5) is 201. The van der Waals surface area contributed by atoms with Crippen LogP contribution in [0.3, 0.4) is 0 Å². The maximum absolute atomic E-state index is 15.4. The van der Waals surface area contributed by atoms with E-state index in [-0.39, 0.29) is 43.4 Å². The van der Waals surface area contributed by atoms with E-state index < -0.39 is 168 Å². The molecule has 2 aliphatic heterocycles. The lowest BCUT2D eigenvalue weighted by molar-refractivity contribution is -0.152. The summed E-state index contributed by atoms with van der Waals surface area (Å²) in [5.41, 5.74) is 1.26. The molecular formula is C72H113N13O14. The smallest absolute Gasteiger partial charge is 0.248 e. The van der Waals surface area contributed by atoms with Gasteiger partial charge in [-0.25, -0.2) is 0 Å². The minimum atomic E-state index is -1.81. The molecule has 2 heterocycles. The van der Waals surface area contributed by atoms with Gasteiger partial charge in [0.2, 0.25) is 76.8 Å². The predicted octanol–water partition coefficient (Wildman–Crippen LogP) is 1.97. The van der Waals surface area contributed by atoms with Crippen LogP contribution in [0, 0.1) is 23.7 Å². The average Bonchev–Trinajstić information content (AvgIpc) is 0.828. The molecule has 550 valence electrons. The van der Waals surface area contributed by atoms with Gasteiger partial charge in [-0.15, -0.1) is 0 Å². The number of carbonyl (C=O) groups excluding carboxylic acids is 13. The van der Waals surface area contributed by atoms with Crippen molar-refractivity contribution in [3.8, 4) is 0 Å². The van der Waals surface area contributed by atoms with Gasteiger partial charge in [-0.2, -0.15) is 0 Å². The zero-order valence-electron chi connectivity index (χ0n) is 61.8. The molecule has 0 aliphatic carbocycles. The molecule has 2 aliphatic rings. The largest absolute Gasteiger partial charge is 0.391 e. The van der Waals surface area contributed by atoms with Gasteiger partial charge in [-0.05, 0) is 94.6 Å². The van der Waals surface area contributed by atoms with E-state index in [0.717, 1.165) is 43.8 Å². The van der Waals surface area contributed by atoms with Crippen molar-refractivity contribution in [2.45, 2.75) is 213 Å². The number of aliphatic hydroxyl groups is 1. The van der Waals surface area contributed by atoms with E-state index in [1.54, 1.807) is 100 Å². The van der Waals surface area contributed by atoms with Crippen molar-refractivity contribution in [1.29, 1.82) is 0 Å². The number of hydrogen-bond acceptors (Lipinski definition) is 14. The number of rotatable bonds is 17. The Kier molecular flexibility index (Phi) is 32.0. The van der Waals surface area contributed by atoms with Crippen LogP contribution in [-0.2, 0) is 75.2 Å². The van der Waals surface area contributed by atoms with Gasteiger partial charge < -0.3 is 70.9 Å². The van der Waals surface area contributed by atoms with E-state index in [9.17, 15) is 48.3 Å². The highest BCUT2D eigenvalue weighted by molar-refractivity contribution is 6.01. The first kappa shape index (κ1) is 82.9. The topological polar surface area (TPSA) is 328 Å². The van der Waals surface area contributed by atoms with Crippen LogP contribution >= 0.6 is 0 Å². The summed E-state index contributed by atoms with van der Waals surface area (Å²) in [6.07, 6.45) is 0.496. The van der Waals surface area contributed by atoms with Gasteiger partial charge in [-0.3, -0.25) is 62.3 Å². The summed E-state index contributed by atoms with van der Waals surface area (Å²) >= 11 is 0. The molecule has 0 saturated carbocycles. The van der Waals surface area contributed by atoms with Crippen LogP contribution in [-0.4, -0.2) is 263 Å². The maximum Gasteiger partial charge on any atom is 0.248 e. The highest BCUT2D eigenvalue weighted by atomic mass is 16.3. The Morgan fingerprint density at radius 3 is 1.62 bits per heavy atom. The lowest BCUT2D eigenvalue weighted by Gasteiger charge is -2.38. The second-order valence-electron chi connectivity index (χ2n) is 28.3. The number of likely N-dealkylation sites (tertiary alicyclic amines) is 1. The van der Waals surface area contributed by atoms with Crippen molar-refractivity contribution in [3.05, 3.63) is 71.8 Å². The van der Waals surface area contributed by atoms with Crippen LogP contribution in [0.1, 0.15) is 139 Å². The molecule has 13 atom stereocenters. The lowest BCUT2D eigenvalue weighted by Crippen LogP contribution is -2.62. The number of amides is 13. The van der Waals surface area contributed by atoms with Gasteiger partial charge in [0, 0.05) is 75.3 Å². The minimum Gasteiger partial charge on any atom is -0.391 e. The number of likely N-dealkylation sites (N-methyl/N-ethyl adjacent to an activating group) is 7. The van der Waals surface area contributed by atoms with Crippen molar-refractivity contribution in [2.24, 2.45) is 23.7 Å². The fraction of sp³-hybridized carbons (Fsp3) is 0.653. The van der Waals surface area contributed by atoms with Gasteiger partial charge in [0.1, 0.15) is 66.5 Å². The number of nitrogens with one attached hydrogen (secondary N) is 5. The Bertz CT molecular complexity index is 3130. The SMILES string of the molecule is CC[C@H](C)[C@@H]1NC(=O)[C@H](CC(C)C)N(C)C(=O)CN(C)C(=O)[C@H]([C@@H](C)O)NC(=O)[C@H](CC(C)C)N(C)C(=O)[C@H](Cc2ccccc2)N(C)C(=O)[C@H](C)N(C)C(=O)[C@@H](C)NC(=O)C[C@@H](C(=O)N(C)[C@@H](Cc2ccccc2)C(=O)N[C@@H](C)C(=O)N2CCCCC2)NC(=O)[C@H](C(C)C)N(C)C1=O. The Morgan fingerprint density at radius 1 is 0.586 bits per heavy atom. The van der Waals surface area contributed by atoms with E-state index in [1.165, 1.54) is 79.9 Å². The van der Waals surface area contributed by atoms with E-state index in [4.69, 9.17) is 0 Å². The summed E-state index contributed by atoms with van der Waals surface area (Å²) in [5, 5.41) is 24.8. The summed E-state index contributed by atoms with van der Waals surface area (Å²) in [6.45, 7) is 20.1. The Hall–Kier alpha value is -8.49. The van der Waals surface area contributed by atoms with E-state index >= 15 is 19.2 Å². The number of hydrogen-bond donors (Lipinski definition) is 6. The summed E-state index contributed by atoms with van der Waals surface area (Å²) in [6, 6.07) is 2.42. The fourth-order valence-electron chi connectivity index (χ4n) is 12.6. The molecule has 6 N–H and O–H groups in total. The molecular weight excluding hydrogens is 1270 g/mol. The van der Waals surface area contributed by atoms with E-state index in [0.29, 0.717) is 30.6 Å². The standard InChI is InChI=1S/C72H113N13O14/c1-20-45(8)59-72(99)84(19)61(44(6)7)65(92)75-52(69(96)81(16)55(38-50-30-24-21-25-31-50)62(89)74-47(10)67(94)85-34-28-23-29-35-85)40-57(87)73-46(9)66(93)79(14)48(11)68(95)83(18)56(39-51-32-26-22-27-33-51)70(97)82(17)54(37-43(4)5)64(91)77-60(49(12)86)71(98)78(13)41-58(88)80(15)53(36-42(2)3)63(90)76-59/h21-22,24-27,30-33,42-49,52-56,59-61,86H,20,23,28-29,34-41H2,1-19H3,(H,73,87)(H,74,89)(H,75,92)(H,76,90)(H,77,91)/t45-,46+,47-,48-,49+,52-,53-,54-,55-,56-,59-,60-,61-/m0/s1. The molecule has 0 spiro atoms. The molecule has 4 rings (SSSR count). The summed E-state index contributed by atoms with van der Waals surface area (Å²) < 4.78 is 0. The molecule has 0 aromatic heterocycles. The molecule has 99 heavy (non-hydrogen) atoms. The highest BCUT2D eigenvalue weighted by Gasteiger charge is 2.44. The quantitative estimate of drug-likeness (QED) is 0.132. The average molecular weight is 1380 g/mol. The van der Waals surface area contributed by atoms with Crippen molar-refractivity contribution in [1.82, 2.24) is 65.8 Å². The number of nitrogens with zero attached hydrogens (tertiary/aromatic N) is 8. The maximum atomic E-state index is 15.4. The molecule has 2 fully saturated rings. The summed E-state index contributed by atoms with van der Waals surface area (Å²) in [5.74, 6) is -11.7. The Morgan fingerprint density at radius 2 is 1.10 bits per heavy atom. The third kappa shape index (κ3) is 22.8. The molecule has 2 aromatic carbocycles. The van der Waals surface area contributed by atoms with E-state index in [1.807, 2.05) is 27.7 Å². The number of benzene rings is 2. The minimum absolute atomic E-state index is 0.0454. The van der Waals surface area contributed by atoms with E-state index in [2.05, 4.69) is 26.6 Å². The van der Waals surface area contributed by atoms with Crippen LogP contribution in [0.25, 0.3) is 0 Å². The Labute approximate surface area is 585 Å². The first-order chi connectivity index (χ1) is 46.4. The molecule has 13 amide bonds. The first-order valence-corrected chi connectivity index (χ1v) is 34.8. The lowest BCUT2D eigenvalue weighted by atomic mass is 9.94. The first-order valence-electron chi connectivity index (χ1n) is 34.8. The van der Waals surface area contributed by atoms with Gasteiger partial charge in [0.05, 0.1) is 19.1 Å². The third-order valence-electron chi connectivity index (χ3n) is 19.1. The Balaban J connectivity index is 1.93. The molecule has 2 aromatic rings. The number of piperidine rings is 1. The van der Waals surface area contributed by atoms with Gasteiger partial charge in [-0.1, -0.05) is 122 Å². The predicted molar refractivity (Wildman–Crippen MR) is 374 cm³/mol. The van der Waals surface area contributed by atoms with Gasteiger partial charge in [0.25, 0.3) is 0 Å². The molecule has 0 bridgehead atoms. The highest BCUT2D eigenvalue weighted by Crippen LogP contribution is 2.23. The summed E-state index contributed by atoms with van der Waals surface area (Å²) in [7, 11) is 9.43. The zero-order chi connectivity index (χ0) is 74.6. The van der Waals surface area contributed by atoms with Crippen LogP contribution in [0.2, 0.25) is 0 Å². The normalized spacial score (nSPS) is 24.8. The molecule has 0 radical (unpaired) electrons. The third-order valence-corrected chi connectivity index (χ3v) is 19.1. The second-order valence-corrected chi connectivity index (χ2v) is 28.3. The van der Waals surface area contributed by atoms with Crippen molar-refractivity contribution in [2.75, 3.05) is 69.0 Å². The van der Waals surface area contributed by atoms with Crippen molar-refractivity contribution in [3.63, 3.8) is 0 Å². The zero-order valence-corrected chi connectivity index (χ0v) is 61.8. The van der Waals surface area contributed by atoms with Gasteiger partial charge in [0.15, 0.2) is 0 Å². The van der Waals surface area contributed by atoms with Crippen molar-refractivity contribution < 1.29 is 67.4 Å². The van der Waals surface area contributed by atoms with Crippen LogP contribution < -0.4 is 26.6 Å². The van der Waals surface area contributed by atoms with Gasteiger partial charge >= 0.3 is 0 Å².